The Hall–Kier alpha value is -2.58. The molecule has 0 saturated heterocycles. The highest BCUT2D eigenvalue weighted by atomic mass is 16.6. The molecule has 28 heavy (non-hydrogen) atoms. The normalized spacial score (nSPS) is 14.1. The van der Waals surface area contributed by atoms with Crippen molar-refractivity contribution < 1.29 is 19.1 Å². The number of carbonyl (C=O) groups excluding carboxylic acids is 2. The first-order chi connectivity index (χ1) is 13.1. The second kappa shape index (κ2) is 10.7. The van der Waals surface area contributed by atoms with Crippen LogP contribution < -0.4 is 11.6 Å². The van der Waals surface area contributed by atoms with Crippen LogP contribution in [0.25, 0.3) is 0 Å². The molecule has 1 aliphatic rings. The van der Waals surface area contributed by atoms with Crippen LogP contribution in [0, 0.1) is 0 Å². The summed E-state index contributed by atoms with van der Waals surface area (Å²) in [4.78, 5) is 24.8. The lowest BCUT2D eigenvalue weighted by Crippen LogP contribution is -2.45. The molecule has 1 amide bonds. The molecule has 0 fully saturated rings. The van der Waals surface area contributed by atoms with Gasteiger partial charge in [0.05, 0.1) is 18.8 Å². The number of nitrogens with zero attached hydrogens (tertiary/aromatic N) is 2. The maximum Gasteiger partial charge on any atom is 0.410 e. The molecule has 1 aromatic rings. The molecule has 0 atom stereocenters. The van der Waals surface area contributed by atoms with E-state index < -0.39 is 5.60 Å². The van der Waals surface area contributed by atoms with Crippen molar-refractivity contribution >= 4 is 12.4 Å². The van der Waals surface area contributed by atoms with Crippen molar-refractivity contribution in [3.63, 3.8) is 0 Å². The molecule has 8 nitrogen and oxygen atoms in total. The first-order valence-corrected chi connectivity index (χ1v) is 9.03. The second-order valence-corrected chi connectivity index (χ2v) is 7.48. The van der Waals surface area contributed by atoms with E-state index in [9.17, 15) is 9.59 Å². The molecule has 1 aromatic carbocycles. The van der Waals surface area contributed by atoms with Crippen LogP contribution in [-0.4, -0.2) is 55.2 Å². The first kappa shape index (κ1) is 23.5. The quantitative estimate of drug-likeness (QED) is 0.459. The zero-order valence-corrected chi connectivity index (χ0v) is 17.4. The molecule has 8 heteroatoms. The predicted molar refractivity (Wildman–Crippen MR) is 108 cm³/mol. The lowest BCUT2D eigenvalue weighted by atomic mass is 10.1. The summed E-state index contributed by atoms with van der Waals surface area (Å²) >= 11 is 0. The van der Waals surface area contributed by atoms with Crippen molar-refractivity contribution in [2.45, 2.75) is 39.3 Å². The van der Waals surface area contributed by atoms with Crippen LogP contribution in [0.3, 0.4) is 0 Å². The Morgan fingerprint density at radius 1 is 1.29 bits per heavy atom. The highest BCUT2D eigenvalue weighted by Gasteiger charge is 2.27. The van der Waals surface area contributed by atoms with E-state index in [4.69, 9.17) is 16.3 Å². The Labute approximate surface area is 167 Å². The van der Waals surface area contributed by atoms with Gasteiger partial charge < -0.3 is 25.1 Å². The fourth-order valence-electron chi connectivity index (χ4n) is 2.66. The van der Waals surface area contributed by atoms with Gasteiger partial charge in [0.15, 0.2) is 0 Å². The van der Waals surface area contributed by atoms with E-state index >= 15 is 0 Å². The van der Waals surface area contributed by atoms with Gasteiger partial charge in [-0.3, -0.25) is 4.79 Å². The third-order valence-corrected chi connectivity index (χ3v) is 3.87. The van der Waals surface area contributed by atoms with E-state index in [0.717, 1.165) is 17.5 Å². The molecule has 0 aromatic heterocycles. The largest absolute Gasteiger partial charge is 0.444 e. The number of hydrogen-bond acceptors (Lipinski definition) is 7. The van der Waals surface area contributed by atoms with Crippen molar-refractivity contribution in [1.29, 1.82) is 0 Å². The van der Waals surface area contributed by atoms with Crippen molar-refractivity contribution in [2.24, 2.45) is 11.6 Å². The van der Waals surface area contributed by atoms with Crippen LogP contribution in [0.1, 0.15) is 43.1 Å². The molecule has 0 aliphatic carbocycles. The fourth-order valence-corrected chi connectivity index (χ4v) is 2.66. The Morgan fingerprint density at radius 3 is 2.43 bits per heavy atom. The maximum absolute atomic E-state index is 12.2. The number of hydrogen-bond donors (Lipinski definition) is 2. The molecule has 1 heterocycles. The predicted octanol–water partition coefficient (Wildman–Crippen LogP) is 2.25. The van der Waals surface area contributed by atoms with Gasteiger partial charge in [-0.25, -0.2) is 10.6 Å². The number of carbonyl (C=O) groups is 2. The number of ether oxygens (including phenoxy) is 2. The zero-order valence-electron chi connectivity index (χ0n) is 17.4. The first-order valence-electron chi connectivity index (χ1n) is 9.03. The van der Waals surface area contributed by atoms with E-state index in [2.05, 4.69) is 4.74 Å². The minimum Gasteiger partial charge on any atom is -0.444 e. The monoisotopic (exact) mass is 392 g/mol. The number of amides is 1. The molecule has 0 bridgehead atoms. The molecule has 156 valence electrons. The van der Waals surface area contributed by atoms with Crippen LogP contribution in [0.4, 0.5) is 4.79 Å². The number of nitrogens with two attached hydrogens (primary N) is 2. The van der Waals surface area contributed by atoms with Gasteiger partial charge >= 0.3 is 6.09 Å². The van der Waals surface area contributed by atoms with Gasteiger partial charge in [-0.1, -0.05) is 24.3 Å². The van der Waals surface area contributed by atoms with E-state index in [0.29, 0.717) is 30.8 Å². The molecule has 1 aliphatic heterocycles. The number of rotatable bonds is 4. The molecule has 0 spiro atoms. The lowest BCUT2D eigenvalue weighted by Gasteiger charge is -2.34. The minimum absolute atomic E-state index is 0.271. The maximum atomic E-state index is 12.2. The summed E-state index contributed by atoms with van der Waals surface area (Å²) in [6, 6.07) is 7.27. The number of aldehydes is 1. The molecule has 0 unspecified atom stereocenters. The highest BCUT2D eigenvalue weighted by molar-refractivity contribution is 5.77. The molecule has 0 saturated carbocycles. The van der Waals surface area contributed by atoms with Crippen LogP contribution in [0.2, 0.25) is 0 Å². The smallest absolute Gasteiger partial charge is 0.410 e. The Balaban J connectivity index is 0.00000122. The third-order valence-electron chi connectivity index (χ3n) is 3.87. The van der Waals surface area contributed by atoms with Gasteiger partial charge in [0.2, 0.25) is 0 Å². The van der Waals surface area contributed by atoms with Gasteiger partial charge in [0, 0.05) is 38.4 Å². The van der Waals surface area contributed by atoms with E-state index in [1.807, 2.05) is 32.9 Å². The lowest BCUT2D eigenvalue weighted by molar-refractivity contribution is 0.0250. The summed E-state index contributed by atoms with van der Waals surface area (Å²) in [6.07, 6.45) is 0.959. The van der Waals surface area contributed by atoms with Crippen LogP contribution in [-0.2, 0) is 16.0 Å². The minimum atomic E-state index is -0.547. The fraction of sp³-hybridized carbons (Fsp3) is 0.500. The van der Waals surface area contributed by atoms with Crippen LogP contribution in [0.15, 0.2) is 35.7 Å². The molecule has 2 rings (SSSR count). The Kier molecular flexibility index (Phi) is 8.94. The topological polar surface area (TPSA) is 111 Å². The van der Waals surface area contributed by atoms with Crippen LogP contribution >= 0.6 is 0 Å². The highest BCUT2D eigenvalue weighted by Crippen LogP contribution is 2.21. The van der Waals surface area contributed by atoms with Crippen molar-refractivity contribution in [3.05, 3.63) is 46.8 Å². The number of methoxy groups -OCH3 is 1. The van der Waals surface area contributed by atoms with E-state index in [1.165, 1.54) is 0 Å². The third kappa shape index (κ3) is 7.21. The zero-order chi connectivity index (χ0) is 21.3. The van der Waals surface area contributed by atoms with Crippen molar-refractivity contribution in [3.8, 4) is 0 Å². The van der Waals surface area contributed by atoms with Crippen molar-refractivity contribution in [1.82, 2.24) is 9.91 Å². The molecular formula is C20H32N4O4. The van der Waals surface area contributed by atoms with E-state index in [-0.39, 0.29) is 12.6 Å². The summed E-state index contributed by atoms with van der Waals surface area (Å²) in [7, 11) is 3.25. The van der Waals surface area contributed by atoms with Crippen LogP contribution in [0.5, 0.6) is 0 Å². The molecular weight excluding hydrogens is 360 g/mol. The van der Waals surface area contributed by atoms with Crippen molar-refractivity contribution in [2.75, 3.05) is 27.3 Å². The summed E-state index contributed by atoms with van der Waals surface area (Å²) in [5.41, 5.74) is 8.33. The number of hydrazine groups is 1. The molecule has 0 radical (unpaired) electrons. The summed E-state index contributed by atoms with van der Waals surface area (Å²) in [5, 5.41) is 1.55. The second-order valence-electron chi connectivity index (χ2n) is 7.48. The standard InChI is InChI=1S/C18H26N4O3.C2H6O/c1-18(2,3)25-17(24)21-9-8-16(15(19)11-21)22(20)10-13-6-4-5-7-14(13)12-23;1-3-2/h4-7,12H,8-11,19-20H2,1-3H3;1-2H3. The van der Waals surface area contributed by atoms with Gasteiger partial charge in [-0.2, -0.15) is 0 Å². The summed E-state index contributed by atoms with van der Waals surface area (Å²) in [6.45, 7) is 6.60. The Morgan fingerprint density at radius 2 is 1.89 bits per heavy atom. The summed E-state index contributed by atoms with van der Waals surface area (Å²) < 4.78 is 9.62. The van der Waals surface area contributed by atoms with Gasteiger partial charge in [-0.15, -0.1) is 0 Å². The average Bonchev–Trinajstić information content (AvgIpc) is 2.61. The number of benzene rings is 1. The van der Waals surface area contributed by atoms with Gasteiger partial charge in [0.1, 0.15) is 11.9 Å². The SMILES string of the molecule is CC(C)(C)OC(=O)N1CCC(N(N)Cc2ccccc2C=O)=C(N)C1.COC. The summed E-state index contributed by atoms with van der Waals surface area (Å²) in [5.74, 6) is 6.16. The average molecular weight is 393 g/mol. The van der Waals surface area contributed by atoms with E-state index in [1.54, 1.807) is 36.3 Å². The molecule has 4 N–H and O–H groups in total. The van der Waals surface area contributed by atoms with Gasteiger partial charge in [-0.05, 0) is 26.3 Å². The Bertz CT molecular complexity index is 698. The van der Waals surface area contributed by atoms with Gasteiger partial charge in [0.25, 0.3) is 0 Å².